The fraction of sp³-hybridized carbons (Fsp3) is 0.471. The third-order valence-corrected chi connectivity index (χ3v) is 3.27. The molecule has 118 valence electrons. The number of aromatic nitrogens is 3. The minimum absolute atomic E-state index is 0.357. The van der Waals surface area contributed by atoms with Gasteiger partial charge in [0.15, 0.2) is 5.69 Å². The van der Waals surface area contributed by atoms with E-state index in [2.05, 4.69) is 23.9 Å². The molecule has 0 amide bonds. The molecule has 2 aromatic heterocycles. The average Bonchev–Trinajstić information content (AvgIpc) is 2.89. The number of esters is 1. The van der Waals surface area contributed by atoms with Crippen molar-refractivity contribution in [2.45, 2.75) is 40.2 Å². The highest BCUT2D eigenvalue weighted by atomic mass is 16.5. The predicted molar refractivity (Wildman–Crippen MR) is 84.7 cm³/mol. The molecule has 0 saturated heterocycles. The summed E-state index contributed by atoms with van der Waals surface area (Å²) in [5.74, 6) is 0.143. The molecule has 0 radical (unpaired) electrons. The number of pyridine rings is 1. The van der Waals surface area contributed by atoms with Gasteiger partial charge < -0.3 is 4.74 Å². The Hall–Kier alpha value is -2.17. The molecule has 2 heterocycles. The van der Waals surface area contributed by atoms with Crippen molar-refractivity contribution in [2.75, 3.05) is 6.61 Å². The van der Waals surface area contributed by atoms with Crippen molar-refractivity contribution in [1.29, 1.82) is 0 Å². The first kappa shape index (κ1) is 16.2. The molecule has 0 atom stereocenters. The zero-order valence-electron chi connectivity index (χ0n) is 13.5. The van der Waals surface area contributed by atoms with Crippen molar-refractivity contribution >= 4 is 5.97 Å². The zero-order valence-corrected chi connectivity index (χ0v) is 13.5. The standard InChI is InChI=1S/C17H23N3O2/c1-4-22-17(21)16-12-15(11-13(2)3)20(19-16)10-8-14-7-5-6-9-18-14/h5-7,9,12-13H,4,8,10-11H2,1-3H3. The Bertz CT molecular complexity index is 606. The molecule has 0 N–H and O–H groups in total. The van der Waals surface area contributed by atoms with E-state index in [9.17, 15) is 4.79 Å². The molecule has 0 bridgehead atoms. The van der Waals surface area contributed by atoms with Gasteiger partial charge in [-0.05, 0) is 37.5 Å². The van der Waals surface area contributed by atoms with Crippen LogP contribution in [0.5, 0.6) is 0 Å². The lowest BCUT2D eigenvalue weighted by molar-refractivity contribution is 0.0518. The number of hydrogen-bond donors (Lipinski definition) is 0. The van der Waals surface area contributed by atoms with Crippen molar-refractivity contribution in [3.05, 3.63) is 47.5 Å². The first-order chi connectivity index (χ1) is 10.6. The molecule has 0 saturated carbocycles. The van der Waals surface area contributed by atoms with Crippen LogP contribution in [-0.4, -0.2) is 27.3 Å². The third-order valence-electron chi connectivity index (χ3n) is 3.27. The summed E-state index contributed by atoms with van der Waals surface area (Å²) in [5, 5.41) is 4.41. The van der Waals surface area contributed by atoms with Gasteiger partial charge in [-0.15, -0.1) is 0 Å². The number of ether oxygens (including phenoxy) is 1. The number of carbonyl (C=O) groups is 1. The highest BCUT2D eigenvalue weighted by molar-refractivity contribution is 5.87. The van der Waals surface area contributed by atoms with Gasteiger partial charge in [0.05, 0.1) is 6.61 Å². The first-order valence-corrected chi connectivity index (χ1v) is 7.74. The molecule has 0 unspecified atom stereocenters. The lowest BCUT2D eigenvalue weighted by Crippen LogP contribution is -2.11. The van der Waals surface area contributed by atoms with Gasteiger partial charge in [0.2, 0.25) is 0 Å². The van der Waals surface area contributed by atoms with Crippen LogP contribution in [0.2, 0.25) is 0 Å². The monoisotopic (exact) mass is 301 g/mol. The Morgan fingerprint density at radius 2 is 2.18 bits per heavy atom. The van der Waals surface area contributed by atoms with E-state index in [-0.39, 0.29) is 5.97 Å². The number of hydrogen-bond acceptors (Lipinski definition) is 4. The van der Waals surface area contributed by atoms with Crippen LogP contribution in [0.3, 0.4) is 0 Å². The normalized spacial score (nSPS) is 10.9. The van der Waals surface area contributed by atoms with Crippen molar-refractivity contribution in [3.63, 3.8) is 0 Å². The van der Waals surface area contributed by atoms with Gasteiger partial charge in [-0.25, -0.2) is 4.79 Å². The van der Waals surface area contributed by atoms with E-state index >= 15 is 0 Å². The van der Waals surface area contributed by atoms with Gasteiger partial charge >= 0.3 is 5.97 Å². The molecule has 5 nitrogen and oxygen atoms in total. The lowest BCUT2D eigenvalue weighted by Gasteiger charge is -2.09. The van der Waals surface area contributed by atoms with E-state index in [4.69, 9.17) is 4.74 Å². The SMILES string of the molecule is CCOC(=O)c1cc(CC(C)C)n(CCc2ccccn2)n1. The molecule has 0 fully saturated rings. The smallest absolute Gasteiger partial charge is 0.358 e. The summed E-state index contributed by atoms with van der Waals surface area (Å²) in [6.45, 7) is 7.17. The number of rotatable bonds is 7. The van der Waals surface area contributed by atoms with E-state index in [1.54, 1.807) is 13.1 Å². The van der Waals surface area contributed by atoms with Crippen LogP contribution in [0, 0.1) is 5.92 Å². The Labute approximate surface area is 131 Å². The summed E-state index contributed by atoms with van der Waals surface area (Å²) >= 11 is 0. The van der Waals surface area contributed by atoms with Gasteiger partial charge in [-0.1, -0.05) is 19.9 Å². The molecular formula is C17H23N3O2. The van der Waals surface area contributed by atoms with Crippen LogP contribution in [0.25, 0.3) is 0 Å². The quantitative estimate of drug-likeness (QED) is 0.738. The summed E-state index contributed by atoms with van der Waals surface area (Å²) in [6, 6.07) is 7.72. The predicted octanol–water partition coefficient (Wildman–Crippen LogP) is 2.90. The van der Waals surface area contributed by atoms with Crippen LogP contribution in [0.1, 0.15) is 42.6 Å². The second-order valence-corrected chi connectivity index (χ2v) is 5.63. The number of aryl methyl sites for hydroxylation is 2. The molecule has 22 heavy (non-hydrogen) atoms. The van der Waals surface area contributed by atoms with E-state index in [1.165, 1.54) is 0 Å². The van der Waals surface area contributed by atoms with Crippen molar-refractivity contribution in [2.24, 2.45) is 5.92 Å². The fourth-order valence-electron chi connectivity index (χ4n) is 2.30. The number of nitrogens with zero attached hydrogens (tertiary/aromatic N) is 3. The summed E-state index contributed by atoms with van der Waals surface area (Å²) in [4.78, 5) is 16.2. The molecular weight excluding hydrogens is 278 g/mol. The lowest BCUT2D eigenvalue weighted by atomic mass is 10.1. The Morgan fingerprint density at radius 1 is 1.36 bits per heavy atom. The van der Waals surface area contributed by atoms with Gasteiger partial charge in [0, 0.05) is 30.6 Å². The average molecular weight is 301 g/mol. The zero-order chi connectivity index (χ0) is 15.9. The van der Waals surface area contributed by atoms with E-state index in [0.717, 1.165) is 24.2 Å². The maximum atomic E-state index is 11.9. The molecule has 0 aromatic carbocycles. The molecule has 2 rings (SSSR count). The summed E-state index contributed by atoms with van der Waals surface area (Å²) in [6.07, 6.45) is 3.46. The van der Waals surface area contributed by atoms with Gasteiger partial charge in [-0.2, -0.15) is 5.10 Å². The number of carbonyl (C=O) groups excluding carboxylic acids is 1. The fourth-order valence-corrected chi connectivity index (χ4v) is 2.30. The van der Waals surface area contributed by atoms with Crippen molar-refractivity contribution in [3.8, 4) is 0 Å². The minimum atomic E-state index is -0.357. The van der Waals surface area contributed by atoms with Crippen LogP contribution in [0.4, 0.5) is 0 Å². The maximum Gasteiger partial charge on any atom is 0.358 e. The Kier molecular flexibility index (Phi) is 5.69. The van der Waals surface area contributed by atoms with Crippen LogP contribution in [-0.2, 0) is 24.1 Å². The van der Waals surface area contributed by atoms with Crippen molar-refractivity contribution in [1.82, 2.24) is 14.8 Å². The molecule has 0 aliphatic rings. The summed E-state index contributed by atoms with van der Waals surface area (Å²) in [7, 11) is 0. The topological polar surface area (TPSA) is 57.0 Å². The maximum absolute atomic E-state index is 11.9. The van der Waals surface area contributed by atoms with Crippen molar-refractivity contribution < 1.29 is 9.53 Å². The molecule has 2 aromatic rings. The van der Waals surface area contributed by atoms with Crippen LogP contribution >= 0.6 is 0 Å². The molecule has 5 heteroatoms. The minimum Gasteiger partial charge on any atom is -0.461 e. The summed E-state index contributed by atoms with van der Waals surface area (Å²) in [5.41, 5.74) is 2.47. The van der Waals surface area contributed by atoms with Gasteiger partial charge in [-0.3, -0.25) is 9.67 Å². The summed E-state index contributed by atoms with van der Waals surface area (Å²) < 4.78 is 6.94. The Morgan fingerprint density at radius 3 is 2.82 bits per heavy atom. The van der Waals surface area contributed by atoms with Crippen LogP contribution < -0.4 is 0 Å². The molecule has 0 spiro atoms. The van der Waals surface area contributed by atoms with E-state index < -0.39 is 0 Å². The third kappa shape index (κ3) is 4.41. The van der Waals surface area contributed by atoms with E-state index in [0.29, 0.717) is 24.8 Å². The largest absolute Gasteiger partial charge is 0.461 e. The van der Waals surface area contributed by atoms with E-state index in [1.807, 2.05) is 28.9 Å². The second-order valence-electron chi connectivity index (χ2n) is 5.63. The second kappa shape index (κ2) is 7.73. The van der Waals surface area contributed by atoms with Crippen LogP contribution in [0.15, 0.2) is 30.5 Å². The highest BCUT2D eigenvalue weighted by Crippen LogP contribution is 2.12. The molecule has 0 aliphatic heterocycles. The van der Waals surface area contributed by atoms with Gasteiger partial charge in [0.1, 0.15) is 0 Å². The highest BCUT2D eigenvalue weighted by Gasteiger charge is 2.16. The molecule has 0 aliphatic carbocycles. The Balaban J connectivity index is 2.14. The first-order valence-electron chi connectivity index (χ1n) is 7.74. The van der Waals surface area contributed by atoms with Gasteiger partial charge in [0.25, 0.3) is 0 Å².